The highest BCUT2D eigenvalue weighted by Gasteiger charge is 2.21. The van der Waals surface area contributed by atoms with Crippen LogP contribution in [0.25, 0.3) is 0 Å². The molecule has 1 aromatic heterocycles. The van der Waals surface area contributed by atoms with Crippen molar-refractivity contribution in [3.8, 4) is 0 Å². The lowest BCUT2D eigenvalue weighted by molar-refractivity contribution is 0.161. The van der Waals surface area contributed by atoms with Crippen LogP contribution < -0.4 is 5.32 Å². The third-order valence-electron chi connectivity index (χ3n) is 4.18. The number of hydrogen-bond donors (Lipinski definition) is 1. The van der Waals surface area contributed by atoms with Crippen LogP contribution in [0.4, 0.5) is 0 Å². The summed E-state index contributed by atoms with van der Waals surface area (Å²) in [6.45, 7) is 9.36. The number of nitrogens with one attached hydrogen (secondary N) is 1. The molecule has 1 aliphatic rings. The second kappa shape index (κ2) is 7.61. The summed E-state index contributed by atoms with van der Waals surface area (Å²) in [6, 6.07) is 4.71. The predicted molar refractivity (Wildman–Crippen MR) is 80.1 cm³/mol. The van der Waals surface area contributed by atoms with Gasteiger partial charge in [-0.25, -0.2) is 0 Å². The number of aromatic nitrogens is 1. The lowest BCUT2D eigenvalue weighted by Crippen LogP contribution is -2.37. The molecule has 0 radical (unpaired) electrons. The molecule has 1 aromatic rings. The molecule has 0 amide bonds. The molecule has 0 aliphatic carbocycles. The number of piperidine rings is 1. The highest BCUT2D eigenvalue weighted by molar-refractivity contribution is 5.13. The number of pyridine rings is 1. The van der Waals surface area contributed by atoms with Gasteiger partial charge in [-0.05, 0) is 63.4 Å². The van der Waals surface area contributed by atoms with E-state index in [0.29, 0.717) is 6.04 Å². The van der Waals surface area contributed by atoms with Crippen molar-refractivity contribution < 1.29 is 0 Å². The Morgan fingerprint density at radius 1 is 1.42 bits per heavy atom. The predicted octanol–water partition coefficient (Wildman–Crippen LogP) is 2.85. The van der Waals surface area contributed by atoms with Crippen LogP contribution in [0, 0.1) is 5.92 Å². The normalized spacial score (nSPS) is 18.7. The Morgan fingerprint density at radius 3 is 2.84 bits per heavy atom. The fourth-order valence-electron chi connectivity index (χ4n) is 2.96. The van der Waals surface area contributed by atoms with Gasteiger partial charge in [0.25, 0.3) is 0 Å². The molecule has 0 spiro atoms. The van der Waals surface area contributed by atoms with Crippen molar-refractivity contribution in [2.24, 2.45) is 5.92 Å². The van der Waals surface area contributed by atoms with Gasteiger partial charge in [-0.2, -0.15) is 0 Å². The first-order chi connectivity index (χ1) is 9.31. The molecule has 19 heavy (non-hydrogen) atoms. The van der Waals surface area contributed by atoms with E-state index in [1.165, 1.54) is 51.0 Å². The molecule has 1 atom stereocenters. The monoisotopic (exact) mass is 261 g/mol. The van der Waals surface area contributed by atoms with Gasteiger partial charge in [0.1, 0.15) is 0 Å². The molecule has 1 saturated heterocycles. The molecule has 1 aliphatic heterocycles. The molecule has 0 bridgehead atoms. The fourth-order valence-corrected chi connectivity index (χ4v) is 2.96. The van der Waals surface area contributed by atoms with E-state index in [4.69, 9.17) is 0 Å². The van der Waals surface area contributed by atoms with Crippen LogP contribution >= 0.6 is 0 Å². The van der Waals surface area contributed by atoms with E-state index in [1.807, 2.05) is 18.5 Å². The van der Waals surface area contributed by atoms with Crippen molar-refractivity contribution in [2.75, 3.05) is 26.2 Å². The summed E-state index contributed by atoms with van der Waals surface area (Å²) >= 11 is 0. The number of nitrogens with zero attached hydrogens (tertiary/aromatic N) is 2. The standard InChI is InChI=1S/C16H27N3/c1-3-11-19(13-15-6-9-17-10-7-15)14(2)16-5-4-8-18-12-16/h4-5,8,12,14-15,17H,3,6-7,9-11,13H2,1-2H3. The molecule has 106 valence electrons. The molecule has 1 unspecified atom stereocenters. The first-order valence-electron chi connectivity index (χ1n) is 7.66. The van der Waals surface area contributed by atoms with Crippen LogP contribution in [0.1, 0.15) is 44.7 Å². The van der Waals surface area contributed by atoms with Crippen molar-refractivity contribution in [2.45, 2.75) is 39.2 Å². The summed E-state index contributed by atoms with van der Waals surface area (Å²) in [7, 11) is 0. The minimum atomic E-state index is 0.475. The molecule has 0 aromatic carbocycles. The van der Waals surface area contributed by atoms with Gasteiger partial charge in [-0.3, -0.25) is 9.88 Å². The van der Waals surface area contributed by atoms with Crippen molar-refractivity contribution in [1.82, 2.24) is 15.2 Å². The Balaban J connectivity index is 1.97. The quantitative estimate of drug-likeness (QED) is 0.853. The Labute approximate surface area is 117 Å². The Kier molecular flexibility index (Phi) is 5.80. The summed E-state index contributed by atoms with van der Waals surface area (Å²) in [6.07, 6.45) is 7.72. The molecule has 1 N–H and O–H groups in total. The zero-order valence-electron chi connectivity index (χ0n) is 12.3. The minimum Gasteiger partial charge on any atom is -0.317 e. The van der Waals surface area contributed by atoms with E-state index in [1.54, 1.807) is 0 Å². The highest BCUT2D eigenvalue weighted by Crippen LogP contribution is 2.23. The SMILES string of the molecule is CCCN(CC1CCNCC1)C(C)c1cccnc1. The lowest BCUT2D eigenvalue weighted by atomic mass is 9.96. The number of hydrogen-bond acceptors (Lipinski definition) is 3. The summed E-state index contributed by atoms with van der Waals surface area (Å²) in [4.78, 5) is 6.89. The largest absolute Gasteiger partial charge is 0.317 e. The van der Waals surface area contributed by atoms with Crippen LogP contribution in [0.15, 0.2) is 24.5 Å². The van der Waals surface area contributed by atoms with Gasteiger partial charge in [0.2, 0.25) is 0 Å². The van der Waals surface area contributed by atoms with Gasteiger partial charge in [-0.1, -0.05) is 13.0 Å². The average molecular weight is 261 g/mol. The van der Waals surface area contributed by atoms with E-state index in [2.05, 4.69) is 35.1 Å². The first-order valence-corrected chi connectivity index (χ1v) is 7.66. The molecule has 0 saturated carbocycles. The maximum absolute atomic E-state index is 4.26. The highest BCUT2D eigenvalue weighted by atomic mass is 15.2. The van der Waals surface area contributed by atoms with Crippen LogP contribution in [0.3, 0.4) is 0 Å². The Bertz CT molecular complexity index is 346. The third-order valence-corrected chi connectivity index (χ3v) is 4.18. The maximum Gasteiger partial charge on any atom is 0.0335 e. The molecule has 3 nitrogen and oxygen atoms in total. The smallest absolute Gasteiger partial charge is 0.0335 e. The Hall–Kier alpha value is -0.930. The second-order valence-electron chi connectivity index (χ2n) is 5.65. The Morgan fingerprint density at radius 2 is 2.21 bits per heavy atom. The van der Waals surface area contributed by atoms with Crippen molar-refractivity contribution in [1.29, 1.82) is 0 Å². The molecule has 2 heterocycles. The first kappa shape index (κ1) is 14.5. The van der Waals surface area contributed by atoms with Gasteiger partial charge in [0.05, 0.1) is 0 Å². The van der Waals surface area contributed by atoms with E-state index in [9.17, 15) is 0 Å². The zero-order chi connectivity index (χ0) is 13.5. The van der Waals surface area contributed by atoms with Crippen LogP contribution in [-0.2, 0) is 0 Å². The van der Waals surface area contributed by atoms with Crippen molar-refractivity contribution in [3.63, 3.8) is 0 Å². The third kappa shape index (κ3) is 4.29. The molecular weight excluding hydrogens is 234 g/mol. The second-order valence-corrected chi connectivity index (χ2v) is 5.65. The summed E-state index contributed by atoms with van der Waals surface area (Å²) in [5, 5.41) is 3.45. The van der Waals surface area contributed by atoms with E-state index in [0.717, 1.165) is 5.92 Å². The molecule has 1 fully saturated rings. The van der Waals surface area contributed by atoms with Gasteiger partial charge in [0, 0.05) is 25.0 Å². The van der Waals surface area contributed by atoms with Crippen LogP contribution in [0.5, 0.6) is 0 Å². The van der Waals surface area contributed by atoms with Crippen LogP contribution in [0.2, 0.25) is 0 Å². The molecular formula is C16H27N3. The lowest BCUT2D eigenvalue weighted by Gasteiger charge is -2.34. The maximum atomic E-state index is 4.26. The summed E-state index contributed by atoms with van der Waals surface area (Å²) < 4.78 is 0. The van der Waals surface area contributed by atoms with Gasteiger partial charge < -0.3 is 5.32 Å². The minimum absolute atomic E-state index is 0.475. The zero-order valence-corrected chi connectivity index (χ0v) is 12.3. The topological polar surface area (TPSA) is 28.2 Å². The van der Waals surface area contributed by atoms with Gasteiger partial charge in [0.15, 0.2) is 0 Å². The average Bonchev–Trinajstić information content (AvgIpc) is 2.48. The summed E-state index contributed by atoms with van der Waals surface area (Å²) in [5.74, 6) is 0.854. The van der Waals surface area contributed by atoms with E-state index >= 15 is 0 Å². The van der Waals surface area contributed by atoms with Crippen molar-refractivity contribution >= 4 is 0 Å². The molecule has 3 heteroatoms. The van der Waals surface area contributed by atoms with Crippen molar-refractivity contribution in [3.05, 3.63) is 30.1 Å². The fraction of sp³-hybridized carbons (Fsp3) is 0.688. The van der Waals surface area contributed by atoms with E-state index < -0.39 is 0 Å². The summed E-state index contributed by atoms with van der Waals surface area (Å²) in [5.41, 5.74) is 1.34. The van der Waals surface area contributed by atoms with Crippen LogP contribution in [-0.4, -0.2) is 36.1 Å². The number of rotatable bonds is 6. The molecule has 2 rings (SSSR count). The van der Waals surface area contributed by atoms with E-state index in [-0.39, 0.29) is 0 Å². The van der Waals surface area contributed by atoms with Gasteiger partial charge >= 0.3 is 0 Å². The van der Waals surface area contributed by atoms with Gasteiger partial charge in [-0.15, -0.1) is 0 Å².